The minimum absolute atomic E-state index is 0.114. The van der Waals surface area contributed by atoms with Gasteiger partial charge in [-0.15, -0.1) is 0 Å². The highest BCUT2D eigenvalue weighted by Crippen LogP contribution is 2.30. The van der Waals surface area contributed by atoms with Crippen molar-refractivity contribution < 1.29 is 31.3 Å². The van der Waals surface area contributed by atoms with Gasteiger partial charge in [0.25, 0.3) is 21.4 Å². The van der Waals surface area contributed by atoms with E-state index in [9.17, 15) is 36.5 Å². The summed E-state index contributed by atoms with van der Waals surface area (Å²) < 4.78 is 60.0. The molecular weight excluding hydrogens is 377 g/mol. The van der Waals surface area contributed by atoms with Gasteiger partial charge in [0.1, 0.15) is 0 Å². The lowest BCUT2D eigenvalue weighted by atomic mass is 10.1. The van der Waals surface area contributed by atoms with Gasteiger partial charge in [0.2, 0.25) is 0 Å². The molecule has 0 bridgehead atoms. The Morgan fingerprint density at radius 3 is 2.19 bits per heavy atom. The number of nitro groups is 1. The van der Waals surface area contributed by atoms with Crippen molar-refractivity contribution in [2.75, 3.05) is 5.32 Å². The molecule has 0 aliphatic carbocycles. The second-order valence-electron chi connectivity index (χ2n) is 5.13. The summed E-state index contributed by atoms with van der Waals surface area (Å²) in [6, 6.07) is 7.20. The smallest absolute Gasteiger partial charge is 0.321 e. The number of benzene rings is 2. The Bertz CT molecular complexity index is 970. The molecule has 0 saturated carbocycles. The lowest BCUT2D eigenvalue weighted by molar-refractivity contribution is -0.385. The van der Waals surface area contributed by atoms with Crippen molar-refractivity contribution in [2.24, 2.45) is 0 Å². The van der Waals surface area contributed by atoms with Crippen molar-refractivity contribution in [3.63, 3.8) is 0 Å². The Balaban J connectivity index is 2.27. The highest BCUT2D eigenvalue weighted by molar-refractivity contribution is 7.92. The Hall–Kier alpha value is -2.95. The second kappa shape index (κ2) is 6.75. The summed E-state index contributed by atoms with van der Waals surface area (Å²) in [5.74, 6) is -0.760. The van der Waals surface area contributed by atoms with Gasteiger partial charge >= 0.3 is 5.51 Å². The predicted molar refractivity (Wildman–Crippen MR) is 85.5 cm³/mol. The van der Waals surface area contributed by atoms with Crippen LogP contribution in [0.4, 0.5) is 24.5 Å². The zero-order valence-corrected chi connectivity index (χ0v) is 13.9. The molecule has 1 N–H and O–H groups in total. The van der Waals surface area contributed by atoms with Crippen LogP contribution in [0.1, 0.15) is 15.9 Å². The Morgan fingerprint density at radius 2 is 1.69 bits per heavy atom. The third-order valence-corrected chi connectivity index (χ3v) is 4.98. The molecule has 0 unspecified atom stereocenters. The van der Waals surface area contributed by atoms with Gasteiger partial charge in [0, 0.05) is 11.6 Å². The molecule has 0 fully saturated rings. The lowest BCUT2D eigenvalue weighted by Gasteiger charge is -2.10. The number of sulfone groups is 1. The molecule has 0 atom stereocenters. The summed E-state index contributed by atoms with van der Waals surface area (Å²) in [7, 11) is -5.51. The van der Waals surface area contributed by atoms with Gasteiger partial charge in [-0.25, -0.2) is 8.42 Å². The Labute approximate surface area is 145 Å². The molecule has 0 aliphatic rings. The van der Waals surface area contributed by atoms with E-state index in [0.29, 0.717) is 12.1 Å². The average molecular weight is 388 g/mol. The van der Waals surface area contributed by atoms with E-state index >= 15 is 0 Å². The van der Waals surface area contributed by atoms with Gasteiger partial charge in [-0.2, -0.15) is 13.2 Å². The summed E-state index contributed by atoms with van der Waals surface area (Å²) in [6.45, 7) is 1.42. The fourth-order valence-electron chi connectivity index (χ4n) is 2.07. The van der Waals surface area contributed by atoms with Crippen LogP contribution < -0.4 is 5.32 Å². The van der Waals surface area contributed by atoms with E-state index in [1.807, 2.05) is 0 Å². The molecule has 2 rings (SSSR count). The molecular formula is C15H11F3N2O5S. The van der Waals surface area contributed by atoms with E-state index in [1.54, 1.807) is 0 Å². The third kappa shape index (κ3) is 3.67. The van der Waals surface area contributed by atoms with Crippen molar-refractivity contribution >= 4 is 27.1 Å². The maximum atomic E-state index is 12.5. The molecule has 0 radical (unpaired) electrons. The van der Waals surface area contributed by atoms with Gasteiger partial charge in [0.15, 0.2) is 0 Å². The van der Waals surface area contributed by atoms with Crippen molar-refractivity contribution in [2.45, 2.75) is 17.3 Å². The normalized spacial score (nSPS) is 11.8. The first-order valence-corrected chi connectivity index (χ1v) is 8.40. The van der Waals surface area contributed by atoms with Crippen LogP contribution >= 0.6 is 0 Å². The van der Waals surface area contributed by atoms with E-state index in [-0.39, 0.29) is 22.5 Å². The molecule has 138 valence electrons. The molecule has 0 aliphatic heterocycles. The zero-order chi connectivity index (χ0) is 19.7. The highest BCUT2D eigenvalue weighted by atomic mass is 32.2. The Morgan fingerprint density at radius 1 is 1.12 bits per heavy atom. The summed E-state index contributed by atoms with van der Waals surface area (Å²) in [4.78, 5) is 21.4. The lowest BCUT2D eigenvalue weighted by Crippen LogP contribution is -2.23. The molecule has 7 nitrogen and oxygen atoms in total. The summed E-state index contributed by atoms with van der Waals surface area (Å²) in [6.07, 6.45) is 0. The maximum absolute atomic E-state index is 12.5. The predicted octanol–water partition coefficient (Wildman–Crippen LogP) is 3.45. The molecule has 2 aromatic carbocycles. The van der Waals surface area contributed by atoms with Crippen LogP contribution in [0.25, 0.3) is 0 Å². The molecule has 26 heavy (non-hydrogen) atoms. The van der Waals surface area contributed by atoms with E-state index < -0.39 is 31.1 Å². The largest absolute Gasteiger partial charge is 0.501 e. The number of rotatable bonds is 4. The number of carbonyl (C=O) groups is 1. The molecule has 0 spiro atoms. The minimum atomic E-state index is -5.51. The number of alkyl halides is 3. The number of nitrogens with one attached hydrogen (secondary N) is 1. The minimum Gasteiger partial charge on any atom is -0.321 e. The first kappa shape index (κ1) is 19.4. The van der Waals surface area contributed by atoms with E-state index in [0.717, 1.165) is 12.1 Å². The van der Waals surface area contributed by atoms with Crippen LogP contribution in [0, 0.1) is 17.0 Å². The molecule has 2 aromatic rings. The van der Waals surface area contributed by atoms with Crippen LogP contribution in [0.5, 0.6) is 0 Å². The molecule has 11 heteroatoms. The van der Waals surface area contributed by atoms with Crippen molar-refractivity contribution in [3.05, 3.63) is 63.7 Å². The van der Waals surface area contributed by atoms with Crippen LogP contribution in [0.2, 0.25) is 0 Å². The third-order valence-electron chi connectivity index (χ3n) is 3.48. The maximum Gasteiger partial charge on any atom is 0.501 e. The molecule has 1 amide bonds. The van der Waals surface area contributed by atoms with Crippen molar-refractivity contribution in [1.29, 1.82) is 0 Å². The van der Waals surface area contributed by atoms with Crippen LogP contribution in [-0.4, -0.2) is 24.8 Å². The number of nitro benzene ring substituents is 1. The molecule has 0 saturated heterocycles. The van der Waals surface area contributed by atoms with Gasteiger partial charge in [-0.3, -0.25) is 14.9 Å². The van der Waals surface area contributed by atoms with Gasteiger partial charge < -0.3 is 5.32 Å². The summed E-state index contributed by atoms with van der Waals surface area (Å²) in [5, 5.41) is 13.3. The number of hydrogen-bond donors (Lipinski definition) is 1. The first-order valence-electron chi connectivity index (χ1n) is 6.92. The van der Waals surface area contributed by atoms with Gasteiger partial charge in [0.05, 0.1) is 21.1 Å². The number of carbonyl (C=O) groups excluding carboxylic acids is 1. The van der Waals surface area contributed by atoms with Crippen LogP contribution in [0.15, 0.2) is 47.4 Å². The van der Waals surface area contributed by atoms with Crippen molar-refractivity contribution in [1.82, 2.24) is 0 Å². The zero-order valence-electron chi connectivity index (χ0n) is 13.1. The van der Waals surface area contributed by atoms with E-state index in [4.69, 9.17) is 0 Å². The fraction of sp³-hybridized carbons (Fsp3) is 0.133. The number of amides is 1. The SMILES string of the molecule is Cc1c(NC(=O)c2ccc(S(=O)(=O)C(F)(F)F)cc2)cccc1[N+](=O)[O-]. The van der Waals surface area contributed by atoms with Crippen molar-refractivity contribution in [3.8, 4) is 0 Å². The first-order chi connectivity index (χ1) is 11.9. The molecule has 0 aromatic heterocycles. The van der Waals surface area contributed by atoms with E-state index in [1.165, 1.54) is 25.1 Å². The number of halogens is 3. The van der Waals surface area contributed by atoms with Gasteiger partial charge in [-0.1, -0.05) is 6.07 Å². The highest BCUT2D eigenvalue weighted by Gasteiger charge is 2.46. The Kier molecular flexibility index (Phi) is 5.03. The monoisotopic (exact) mass is 388 g/mol. The number of nitrogens with zero attached hydrogens (tertiary/aromatic N) is 1. The second-order valence-corrected chi connectivity index (χ2v) is 7.08. The van der Waals surface area contributed by atoms with Gasteiger partial charge in [-0.05, 0) is 37.3 Å². The van der Waals surface area contributed by atoms with Crippen LogP contribution in [0.3, 0.4) is 0 Å². The summed E-state index contributed by atoms with van der Waals surface area (Å²) >= 11 is 0. The number of hydrogen-bond acceptors (Lipinski definition) is 5. The fourth-order valence-corrected chi connectivity index (χ4v) is 2.83. The van der Waals surface area contributed by atoms with E-state index in [2.05, 4.69) is 5.32 Å². The summed E-state index contributed by atoms with van der Waals surface area (Å²) in [5.41, 5.74) is -5.43. The topological polar surface area (TPSA) is 106 Å². The quantitative estimate of drug-likeness (QED) is 0.638. The molecule has 0 heterocycles. The number of anilines is 1. The average Bonchev–Trinajstić information content (AvgIpc) is 2.55. The van der Waals surface area contributed by atoms with Crippen LogP contribution in [-0.2, 0) is 9.84 Å². The standard InChI is InChI=1S/C15H11F3N2O5S/c1-9-12(3-2-4-13(9)20(22)23)19-14(21)10-5-7-11(8-6-10)26(24,25)15(16,17)18/h2-8H,1H3,(H,19,21).